The molecule has 0 atom stereocenters. The van der Waals surface area contributed by atoms with Crippen molar-refractivity contribution in [2.75, 3.05) is 34.8 Å². The van der Waals surface area contributed by atoms with Gasteiger partial charge >= 0.3 is 0 Å². The van der Waals surface area contributed by atoms with Gasteiger partial charge in [0.25, 0.3) is 0 Å². The molecule has 0 saturated heterocycles. The second kappa shape index (κ2) is 9.92. The summed E-state index contributed by atoms with van der Waals surface area (Å²) >= 11 is 0. The van der Waals surface area contributed by atoms with E-state index in [0.717, 1.165) is 49.3 Å². The van der Waals surface area contributed by atoms with E-state index < -0.39 is 0 Å². The molecule has 0 aliphatic heterocycles. The van der Waals surface area contributed by atoms with Crippen molar-refractivity contribution in [3.8, 4) is 0 Å². The minimum atomic E-state index is 0.749. The third-order valence-electron chi connectivity index (χ3n) is 4.99. The van der Waals surface area contributed by atoms with Crippen LogP contribution in [0.5, 0.6) is 0 Å². The maximum Gasteiger partial charge on any atom is 0.227 e. The molecule has 1 aromatic heterocycles. The van der Waals surface area contributed by atoms with Gasteiger partial charge < -0.3 is 15.1 Å². The van der Waals surface area contributed by atoms with Crippen molar-refractivity contribution in [1.29, 1.82) is 0 Å². The number of nitrogens with one attached hydrogen (secondary N) is 1. The van der Waals surface area contributed by atoms with Crippen LogP contribution < -0.4 is 15.1 Å². The summed E-state index contributed by atoms with van der Waals surface area (Å²) in [7, 11) is 0. The number of aryl methyl sites for hydroxylation is 1. The smallest absolute Gasteiger partial charge is 0.227 e. The zero-order chi connectivity index (χ0) is 20.6. The van der Waals surface area contributed by atoms with Crippen molar-refractivity contribution in [3.05, 3.63) is 71.9 Å². The highest BCUT2D eigenvalue weighted by Gasteiger charge is 2.11. The summed E-state index contributed by atoms with van der Waals surface area (Å²) in [6, 6.07) is 20.9. The van der Waals surface area contributed by atoms with E-state index in [1.54, 1.807) is 0 Å². The van der Waals surface area contributed by atoms with Gasteiger partial charge in [-0.3, -0.25) is 0 Å². The van der Waals surface area contributed by atoms with Crippen LogP contribution in [0.1, 0.15) is 32.0 Å². The van der Waals surface area contributed by atoms with Crippen LogP contribution in [0.25, 0.3) is 0 Å². The average Bonchev–Trinajstić information content (AvgIpc) is 2.74. The zero-order valence-electron chi connectivity index (χ0n) is 17.9. The Morgan fingerprint density at radius 1 is 0.793 bits per heavy atom. The lowest BCUT2D eigenvalue weighted by Gasteiger charge is -2.22. The molecule has 0 amide bonds. The van der Waals surface area contributed by atoms with Gasteiger partial charge in [-0.1, -0.05) is 30.3 Å². The first kappa shape index (κ1) is 20.6. The van der Waals surface area contributed by atoms with Gasteiger partial charge in [-0.25, -0.2) is 4.98 Å². The maximum atomic E-state index is 4.78. The van der Waals surface area contributed by atoms with E-state index in [1.165, 1.54) is 11.3 Å². The number of hydrogen-bond donors (Lipinski definition) is 1. The van der Waals surface area contributed by atoms with Crippen LogP contribution in [0.2, 0.25) is 0 Å². The van der Waals surface area contributed by atoms with E-state index in [2.05, 4.69) is 89.4 Å². The lowest BCUT2D eigenvalue weighted by atomic mass is 10.2. The SMILES string of the molecule is CCN(CC)c1ccc(Nc2cc(C)nc(N(CC)Cc3ccccc3)n2)cc1. The van der Waals surface area contributed by atoms with Crippen molar-refractivity contribution in [2.45, 2.75) is 34.2 Å². The molecule has 0 spiro atoms. The monoisotopic (exact) mass is 389 g/mol. The van der Waals surface area contributed by atoms with Gasteiger partial charge in [-0.15, -0.1) is 0 Å². The fourth-order valence-corrected chi connectivity index (χ4v) is 3.38. The third kappa shape index (κ3) is 5.47. The molecule has 1 N–H and O–H groups in total. The molecule has 0 bridgehead atoms. The largest absolute Gasteiger partial charge is 0.372 e. The highest BCUT2D eigenvalue weighted by atomic mass is 15.3. The molecule has 0 fully saturated rings. The van der Waals surface area contributed by atoms with Crippen LogP contribution in [0.3, 0.4) is 0 Å². The van der Waals surface area contributed by atoms with Gasteiger partial charge in [0, 0.05) is 49.3 Å². The molecule has 152 valence electrons. The normalized spacial score (nSPS) is 10.6. The van der Waals surface area contributed by atoms with Gasteiger partial charge in [0.2, 0.25) is 5.95 Å². The molecule has 5 heteroatoms. The van der Waals surface area contributed by atoms with Crippen molar-refractivity contribution < 1.29 is 0 Å². The molecule has 0 aliphatic carbocycles. The predicted molar refractivity (Wildman–Crippen MR) is 123 cm³/mol. The highest BCUT2D eigenvalue weighted by molar-refractivity contribution is 5.61. The van der Waals surface area contributed by atoms with Crippen LogP contribution >= 0.6 is 0 Å². The molecule has 5 nitrogen and oxygen atoms in total. The standard InChI is InChI=1S/C24H31N5/c1-5-28(6-2)22-15-13-21(14-16-22)26-23-17-19(4)25-24(27-23)29(7-3)18-20-11-9-8-10-12-20/h8-17H,5-7,18H2,1-4H3,(H,25,26,27). The predicted octanol–water partition coefficient (Wildman–Crippen LogP) is 5.40. The second-order valence-corrected chi connectivity index (χ2v) is 7.04. The Morgan fingerprint density at radius 2 is 1.45 bits per heavy atom. The molecule has 1 heterocycles. The fourth-order valence-electron chi connectivity index (χ4n) is 3.38. The van der Waals surface area contributed by atoms with Crippen LogP contribution in [0.4, 0.5) is 23.1 Å². The van der Waals surface area contributed by atoms with Crippen LogP contribution in [-0.4, -0.2) is 29.6 Å². The summed E-state index contributed by atoms with van der Waals surface area (Å²) in [5.74, 6) is 1.56. The number of hydrogen-bond acceptors (Lipinski definition) is 5. The average molecular weight is 390 g/mol. The van der Waals surface area contributed by atoms with Gasteiger partial charge in [0.05, 0.1) is 0 Å². The molecule has 0 aliphatic rings. The van der Waals surface area contributed by atoms with Crippen LogP contribution in [0.15, 0.2) is 60.7 Å². The number of aromatic nitrogens is 2. The summed E-state index contributed by atoms with van der Waals surface area (Å²) in [5.41, 5.74) is 4.46. The van der Waals surface area contributed by atoms with Crippen LogP contribution in [-0.2, 0) is 6.54 Å². The minimum Gasteiger partial charge on any atom is -0.372 e. The molecule has 3 rings (SSSR count). The quantitative estimate of drug-likeness (QED) is 0.531. The second-order valence-electron chi connectivity index (χ2n) is 7.04. The highest BCUT2D eigenvalue weighted by Crippen LogP contribution is 2.22. The van der Waals surface area contributed by atoms with E-state index in [1.807, 2.05) is 19.1 Å². The van der Waals surface area contributed by atoms with E-state index >= 15 is 0 Å². The molecule has 2 aromatic carbocycles. The van der Waals surface area contributed by atoms with Gasteiger partial charge in [-0.05, 0) is 57.5 Å². The summed E-state index contributed by atoms with van der Waals surface area (Å²) in [6.07, 6.45) is 0. The van der Waals surface area contributed by atoms with Crippen molar-refractivity contribution in [3.63, 3.8) is 0 Å². The Kier molecular flexibility index (Phi) is 7.06. The van der Waals surface area contributed by atoms with Crippen molar-refractivity contribution in [1.82, 2.24) is 9.97 Å². The molecule has 0 radical (unpaired) electrons. The third-order valence-corrected chi connectivity index (χ3v) is 4.99. The first-order valence-corrected chi connectivity index (χ1v) is 10.4. The molecule has 0 saturated carbocycles. The van der Waals surface area contributed by atoms with E-state index in [9.17, 15) is 0 Å². The number of anilines is 4. The summed E-state index contributed by atoms with van der Waals surface area (Å²) in [6.45, 7) is 12.1. The first-order valence-electron chi connectivity index (χ1n) is 10.4. The Hall–Kier alpha value is -3.08. The topological polar surface area (TPSA) is 44.3 Å². The number of benzene rings is 2. The minimum absolute atomic E-state index is 0.749. The molecular weight excluding hydrogens is 358 g/mol. The Labute approximate surface area is 174 Å². The summed E-state index contributed by atoms with van der Waals surface area (Å²) in [4.78, 5) is 14.0. The Morgan fingerprint density at radius 3 is 2.07 bits per heavy atom. The summed E-state index contributed by atoms with van der Waals surface area (Å²) in [5, 5.41) is 3.43. The van der Waals surface area contributed by atoms with Gasteiger partial charge in [0.15, 0.2) is 0 Å². The Balaban J connectivity index is 1.77. The zero-order valence-corrected chi connectivity index (χ0v) is 17.9. The lowest BCUT2D eigenvalue weighted by Crippen LogP contribution is -2.24. The lowest BCUT2D eigenvalue weighted by molar-refractivity contribution is 0.788. The first-order chi connectivity index (χ1) is 14.1. The molecule has 3 aromatic rings. The van der Waals surface area contributed by atoms with E-state index in [4.69, 9.17) is 4.98 Å². The van der Waals surface area contributed by atoms with Crippen molar-refractivity contribution in [2.24, 2.45) is 0 Å². The Bertz CT molecular complexity index is 889. The van der Waals surface area contributed by atoms with E-state index in [0.29, 0.717) is 0 Å². The summed E-state index contributed by atoms with van der Waals surface area (Å²) < 4.78 is 0. The molecule has 0 unspecified atom stereocenters. The van der Waals surface area contributed by atoms with Crippen LogP contribution in [0, 0.1) is 6.92 Å². The van der Waals surface area contributed by atoms with Crippen molar-refractivity contribution >= 4 is 23.1 Å². The maximum absolute atomic E-state index is 4.78. The number of nitrogens with zero attached hydrogens (tertiary/aromatic N) is 4. The van der Waals surface area contributed by atoms with E-state index in [-0.39, 0.29) is 0 Å². The number of rotatable bonds is 9. The molecular formula is C24H31N5. The molecule has 29 heavy (non-hydrogen) atoms. The van der Waals surface area contributed by atoms with Gasteiger partial charge in [-0.2, -0.15) is 4.98 Å². The van der Waals surface area contributed by atoms with Gasteiger partial charge in [0.1, 0.15) is 5.82 Å². The fraction of sp³-hybridized carbons (Fsp3) is 0.333.